The SMILES string of the molecule is CCCCc1[c]c(Br)c(-c2ccccc2F)c(C(F)(C(F)(F)F)C(F)(F)F)c1. The van der Waals surface area contributed by atoms with Gasteiger partial charge in [-0.05, 0) is 40.4 Å². The fourth-order valence-electron chi connectivity index (χ4n) is 2.77. The van der Waals surface area contributed by atoms with Crippen molar-refractivity contribution in [2.75, 3.05) is 0 Å². The van der Waals surface area contributed by atoms with Gasteiger partial charge in [0.2, 0.25) is 0 Å². The Labute approximate surface area is 164 Å². The predicted molar refractivity (Wildman–Crippen MR) is 91.9 cm³/mol. The molecule has 153 valence electrons. The first-order valence-electron chi connectivity index (χ1n) is 8.17. The molecule has 0 saturated carbocycles. The highest BCUT2D eigenvalue weighted by Gasteiger charge is 2.74. The predicted octanol–water partition coefficient (Wildman–Crippen LogP) is 7.69. The van der Waals surface area contributed by atoms with Crippen molar-refractivity contribution in [3.05, 3.63) is 57.8 Å². The van der Waals surface area contributed by atoms with E-state index in [0.717, 1.165) is 12.1 Å². The van der Waals surface area contributed by atoms with Crippen LogP contribution in [0.2, 0.25) is 0 Å². The maximum Gasteiger partial charge on any atom is 0.435 e. The van der Waals surface area contributed by atoms with Crippen LogP contribution < -0.4 is 0 Å². The van der Waals surface area contributed by atoms with Gasteiger partial charge in [0.05, 0.1) is 0 Å². The molecule has 1 radical (unpaired) electrons. The van der Waals surface area contributed by atoms with Gasteiger partial charge in [-0.25, -0.2) is 8.78 Å². The summed E-state index contributed by atoms with van der Waals surface area (Å²) in [6.45, 7) is 1.77. The quantitative estimate of drug-likeness (QED) is 0.390. The van der Waals surface area contributed by atoms with E-state index in [2.05, 4.69) is 22.0 Å². The van der Waals surface area contributed by atoms with Gasteiger partial charge in [-0.1, -0.05) is 37.6 Å². The normalized spacial score (nSPS) is 13.1. The Kier molecular flexibility index (Phi) is 6.47. The van der Waals surface area contributed by atoms with Crippen LogP contribution in [0.3, 0.4) is 0 Å². The molecule has 0 aliphatic heterocycles. The van der Waals surface area contributed by atoms with Crippen LogP contribution in [0.4, 0.5) is 35.1 Å². The molecule has 2 aromatic carbocycles. The molecular formula is C19H14BrF8. The summed E-state index contributed by atoms with van der Waals surface area (Å²) in [5, 5.41) is 0. The van der Waals surface area contributed by atoms with E-state index in [0.29, 0.717) is 18.9 Å². The molecule has 0 amide bonds. The highest BCUT2D eigenvalue weighted by atomic mass is 79.9. The second kappa shape index (κ2) is 8.00. The zero-order valence-corrected chi connectivity index (χ0v) is 16.0. The van der Waals surface area contributed by atoms with Crippen molar-refractivity contribution in [3.63, 3.8) is 0 Å². The highest BCUT2D eigenvalue weighted by molar-refractivity contribution is 9.10. The molecule has 0 fully saturated rings. The average molecular weight is 474 g/mol. The van der Waals surface area contributed by atoms with Crippen LogP contribution in [0.25, 0.3) is 11.1 Å². The van der Waals surface area contributed by atoms with Crippen molar-refractivity contribution in [1.29, 1.82) is 0 Å². The monoisotopic (exact) mass is 473 g/mol. The van der Waals surface area contributed by atoms with Gasteiger partial charge in [-0.3, -0.25) is 0 Å². The smallest absolute Gasteiger partial charge is 0.218 e. The molecule has 0 nitrogen and oxygen atoms in total. The largest absolute Gasteiger partial charge is 0.435 e. The minimum atomic E-state index is -6.31. The lowest BCUT2D eigenvalue weighted by molar-refractivity contribution is -0.348. The molecule has 0 atom stereocenters. The van der Waals surface area contributed by atoms with Crippen LogP contribution in [0.5, 0.6) is 0 Å². The summed E-state index contributed by atoms with van der Waals surface area (Å²) < 4.78 is 109. The zero-order valence-electron chi connectivity index (χ0n) is 14.4. The van der Waals surface area contributed by atoms with Crippen molar-refractivity contribution < 1.29 is 35.1 Å². The molecule has 0 heterocycles. The minimum Gasteiger partial charge on any atom is -0.218 e. The Morgan fingerprint density at radius 2 is 1.54 bits per heavy atom. The molecule has 0 N–H and O–H groups in total. The third-order valence-corrected chi connectivity index (χ3v) is 4.77. The summed E-state index contributed by atoms with van der Waals surface area (Å²) in [6.07, 6.45) is -11.5. The van der Waals surface area contributed by atoms with Crippen LogP contribution in [-0.4, -0.2) is 12.4 Å². The van der Waals surface area contributed by atoms with Gasteiger partial charge in [0.15, 0.2) is 0 Å². The average Bonchev–Trinajstić information content (AvgIpc) is 2.57. The molecule has 2 rings (SSSR count). The Morgan fingerprint density at radius 3 is 2.04 bits per heavy atom. The number of alkyl halides is 7. The summed E-state index contributed by atoms with van der Waals surface area (Å²) in [7, 11) is 0. The van der Waals surface area contributed by atoms with Crippen LogP contribution in [0.1, 0.15) is 30.9 Å². The van der Waals surface area contributed by atoms with Crippen LogP contribution in [0, 0.1) is 11.9 Å². The molecule has 28 heavy (non-hydrogen) atoms. The highest BCUT2D eigenvalue weighted by Crippen LogP contribution is 2.56. The van der Waals surface area contributed by atoms with Crippen molar-refractivity contribution in [3.8, 4) is 11.1 Å². The molecule has 9 heteroatoms. The third kappa shape index (κ3) is 4.04. The lowest BCUT2D eigenvalue weighted by atomic mass is 9.85. The number of rotatable bonds is 5. The molecule has 0 spiro atoms. The first-order chi connectivity index (χ1) is 12.8. The molecular weight excluding hydrogens is 460 g/mol. The zero-order chi connectivity index (χ0) is 21.3. The summed E-state index contributed by atoms with van der Waals surface area (Å²) in [5.74, 6) is -1.09. The Balaban J connectivity index is 2.93. The molecule has 0 bridgehead atoms. The number of hydrogen-bond donors (Lipinski definition) is 0. The number of unbranched alkanes of at least 4 members (excludes halogenated alkanes) is 1. The third-order valence-electron chi connectivity index (χ3n) is 4.17. The topological polar surface area (TPSA) is 0 Å². The number of aryl methyl sites for hydroxylation is 1. The van der Waals surface area contributed by atoms with Gasteiger partial charge < -0.3 is 0 Å². The van der Waals surface area contributed by atoms with Crippen molar-refractivity contribution in [2.24, 2.45) is 0 Å². The van der Waals surface area contributed by atoms with Gasteiger partial charge in [0.1, 0.15) is 5.82 Å². The molecule has 0 aliphatic rings. The number of halogens is 9. The van der Waals surface area contributed by atoms with Gasteiger partial charge in [0, 0.05) is 27.2 Å². The number of benzene rings is 2. The van der Waals surface area contributed by atoms with Gasteiger partial charge in [-0.2, -0.15) is 26.3 Å². The van der Waals surface area contributed by atoms with E-state index in [1.54, 1.807) is 6.92 Å². The van der Waals surface area contributed by atoms with Gasteiger partial charge in [-0.15, -0.1) is 0 Å². The van der Waals surface area contributed by atoms with Crippen molar-refractivity contribution in [2.45, 2.75) is 44.2 Å². The lowest BCUT2D eigenvalue weighted by Gasteiger charge is -2.32. The van der Waals surface area contributed by atoms with E-state index in [4.69, 9.17) is 0 Å². The summed E-state index contributed by atoms with van der Waals surface area (Å²) in [4.78, 5) is 0. The Hall–Kier alpha value is -1.64. The van der Waals surface area contributed by atoms with Gasteiger partial charge >= 0.3 is 18.0 Å². The second-order valence-corrected chi connectivity index (χ2v) is 6.93. The van der Waals surface area contributed by atoms with E-state index < -0.39 is 40.5 Å². The van der Waals surface area contributed by atoms with E-state index in [1.165, 1.54) is 12.1 Å². The number of hydrogen-bond acceptors (Lipinski definition) is 0. The molecule has 0 saturated heterocycles. The maximum absolute atomic E-state index is 14.9. The van der Waals surface area contributed by atoms with Crippen LogP contribution in [-0.2, 0) is 12.1 Å². The van der Waals surface area contributed by atoms with Gasteiger partial charge in [0.25, 0.3) is 0 Å². The summed E-state index contributed by atoms with van der Waals surface area (Å²) >= 11 is 2.86. The van der Waals surface area contributed by atoms with E-state index in [1.807, 2.05) is 0 Å². The summed E-state index contributed by atoms with van der Waals surface area (Å²) in [6, 6.07) is 7.35. The molecule has 0 aromatic heterocycles. The van der Waals surface area contributed by atoms with E-state index in [9.17, 15) is 35.1 Å². The fraction of sp³-hybridized carbons (Fsp3) is 0.368. The minimum absolute atomic E-state index is 0.0423. The Morgan fingerprint density at radius 1 is 0.964 bits per heavy atom. The first kappa shape index (κ1) is 22.6. The van der Waals surface area contributed by atoms with Crippen LogP contribution in [0.15, 0.2) is 34.8 Å². The van der Waals surface area contributed by atoms with E-state index >= 15 is 0 Å². The van der Waals surface area contributed by atoms with Crippen molar-refractivity contribution in [1.82, 2.24) is 0 Å². The second-order valence-electron chi connectivity index (χ2n) is 6.13. The first-order valence-corrected chi connectivity index (χ1v) is 8.96. The summed E-state index contributed by atoms with van der Waals surface area (Å²) in [5.41, 5.74) is -8.92. The van der Waals surface area contributed by atoms with Crippen molar-refractivity contribution >= 4 is 15.9 Å². The van der Waals surface area contributed by atoms with Crippen LogP contribution >= 0.6 is 15.9 Å². The maximum atomic E-state index is 14.9. The van der Waals surface area contributed by atoms with E-state index in [-0.39, 0.29) is 16.5 Å². The molecule has 0 unspecified atom stereocenters. The lowest BCUT2D eigenvalue weighted by Crippen LogP contribution is -2.50. The fourth-order valence-corrected chi connectivity index (χ4v) is 3.45. The molecule has 2 aromatic rings. The Bertz CT molecular complexity index is 825. The standard InChI is InChI=1S/C19H14BrF8/c1-2-3-6-11-9-13(17(22,18(23,24)25)19(26,27)28)16(14(20)10-11)12-7-4-5-8-15(12)21/h4-5,7-9H,2-3,6H2,1H3. The molecule has 0 aliphatic carbocycles.